The Morgan fingerprint density at radius 1 is 1.07 bits per heavy atom. The summed E-state index contributed by atoms with van der Waals surface area (Å²) in [6.07, 6.45) is 0.137. The summed E-state index contributed by atoms with van der Waals surface area (Å²) in [4.78, 5) is 25.3. The first-order valence-electron chi connectivity index (χ1n) is 9.66. The number of nitrogens with one attached hydrogen (secondary N) is 1. The maximum Gasteiger partial charge on any atom is 0.158 e. The van der Waals surface area contributed by atoms with Gasteiger partial charge in [0.15, 0.2) is 5.78 Å². The smallest absolute Gasteiger partial charge is 0.158 e. The number of anilines is 1. The Morgan fingerprint density at radius 2 is 1.66 bits per heavy atom. The van der Waals surface area contributed by atoms with E-state index in [4.69, 9.17) is 0 Å². The van der Waals surface area contributed by atoms with Crippen LogP contribution in [-0.2, 0) is 9.59 Å². The Kier molecular flexibility index (Phi) is 5.71. The van der Waals surface area contributed by atoms with E-state index in [9.17, 15) is 19.1 Å². The number of Topliss-reactive ketones (excluding diaryl/α,β-unsaturated/α-hetero) is 2. The molecule has 0 fully saturated rings. The molecule has 1 aliphatic carbocycles. The molecule has 2 N–H and O–H groups in total. The molecule has 0 saturated carbocycles. The van der Waals surface area contributed by atoms with E-state index < -0.39 is 23.3 Å². The molecule has 2 aromatic rings. The lowest BCUT2D eigenvalue weighted by Gasteiger charge is -2.43. The van der Waals surface area contributed by atoms with Gasteiger partial charge in [0.25, 0.3) is 0 Å². The van der Waals surface area contributed by atoms with Gasteiger partial charge >= 0.3 is 0 Å². The molecule has 1 aliphatic rings. The number of ketones is 2. The quantitative estimate of drug-likeness (QED) is 0.780. The summed E-state index contributed by atoms with van der Waals surface area (Å²) in [5.74, 6) is -2.27. The normalized spacial score (nSPS) is 24.3. The van der Waals surface area contributed by atoms with Gasteiger partial charge in [-0.2, -0.15) is 0 Å². The van der Waals surface area contributed by atoms with Crippen molar-refractivity contribution in [3.63, 3.8) is 0 Å². The average molecular weight is 395 g/mol. The monoisotopic (exact) mass is 395 g/mol. The summed E-state index contributed by atoms with van der Waals surface area (Å²) in [5, 5.41) is 14.5. The third-order valence-electron chi connectivity index (χ3n) is 5.57. The number of carbonyl (C=O) groups excluding carboxylic acids is 2. The van der Waals surface area contributed by atoms with Crippen LogP contribution >= 0.6 is 0 Å². The predicted octanol–water partition coefficient (Wildman–Crippen LogP) is 4.53. The molecule has 0 aromatic heterocycles. The largest absolute Gasteiger partial charge is 0.389 e. The molecule has 3 rings (SSSR count). The molecule has 0 radical (unpaired) electrons. The lowest BCUT2D eigenvalue weighted by Crippen LogP contribution is -2.48. The second kappa shape index (κ2) is 7.91. The van der Waals surface area contributed by atoms with Crippen LogP contribution in [-0.4, -0.2) is 22.3 Å². The third-order valence-corrected chi connectivity index (χ3v) is 5.57. The zero-order valence-electron chi connectivity index (χ0n) is 17.1. The lowest BCUT2D eigenvalue weighted by atomic mass is 9.64. The van der Waals surface area contributed by atoms with E-state index in [0.29, 0.717) is 16.8 Å². The molecule has 0 saturated heterocycles. The van der Waals surface area contributed by atoms with Gasteiger partial charge in [0.2, 0.25) is 0 Å². The summed E-state index contributed by atoms with van der Waals surface area (Å²) >= 11 is 0. The average Bonchev–Trinajstić information content (AvgIpc) is 2.62. The van der Waals surface area contributed by atoms with E-state index in [1.165, 1.54) is 26.0 Å². The first kappa shape index (κ1) is 20.9. The first-order valence-corrected chi connectivity index (χ1v) is 9.66. The number of aliphatic hydroxyl groups is 1. The molecular formula is C24H26FNO3. The van der Waals surface area contributed by atoms with E-state index in [2.05, 4.69) is 5.32 Å². The van der Waals surface area contributed by atoms with E-state index in [-0.39, 0.29) is 18.0 Å². The molecular weight excluding hydrogens is 369 g/mol. The Labute approximate surface area is 170 Å². The second-order valence-corrected chi connectivity index (χ2v) is 8.09. The van der Waals surface area contributed by atoms with E-state index >= 15 is 0 Å². The summed E-state index contributed by atoms with van der Waals surface area (Å²) in [5.41, 5.74) is 2.19. The summed E-state index contributed by atoms with van der Waals surface area (Å²) < 4.78 is 13.5. The summed E-state index contributed by atoms with van der Waals surface area (Å²) in [6, 6.07) is 13.5. The highest BCUT2D eigenvalue weighted by Gasteiger charge is 2.49. The fraction of sp³-hybridized carbons (Fsp3) is 0.333. The molecule has 0 bridgehead atoms. The number of benzene rings is 2. The first-order chi connectivity index (χ1) is 13.6. The van der Waals surface area contributed by atoms with Gasteiger partial charge in [-0.25, -0.2) is 4.39 Å². The van der Waals surface area contributed by atoms with Gasteiger partial charge in [-0.05, 0) is 57.5 Å². The van der Waals surface area contributed by atoms with E-state index in [0.717, 1.165) is 11.3 Å². The van der Waals surface area contributed by atoms with Crippen molar-refractivity contribution in [1.29, 1.82) is 0 Å². The third kappa shape index (κ3) is 4.30. The fourth-order valence-electron chi connectivity index (χ4n) is 4.33. The van der Waals surface area contributed by atoms with Crippen LogP contribution in [0.1, 0.15) is 44.2 Å². The molecule has 3 atom stereocenters. The Bertz CT molecular complexity index is 959. The van der Waals surface area contributed by atoms with Crippen LogP contribution in [0.4, 0.5) is 10.1 Å². The molecule has 0 aliphatic heterocycles. The Morgan fingerprint density at radius 3 is 2.17 bits per heavy atom. The topological polar surface area (TPSA) is 66.4 Å². The fourth-order valence-corrected chi connectivity index (χ4v) is 4.33. The van der Waals surface area contributed by atoms with Crippen LogP contribution in [0, 0.1) is 18.7 Å². The second-order valence-electron chi connectivity index (χ2n) is 8.09. The van der Waals surface area contributed by atoms with Gasteiger partial charge in [-0.3, -0.25) is 9.59 Å². The van der Waals surface area contributed by atoms with Crippen molar-refractivity contribution in [2.45, 2.75) is 45.6 Å². The van der Waals surface area contributed by atoms with E-state index in [1.807, 2.05) is 31.2 Å². The number of allylic oxidation sites excluding steroid dienone is 1. The molecule has 0 spiro atoms. The number of hydrogen-bond donors (Lipinski definition) is 2. The summed E-state index contributed by atoms with van der Waals surface area (Å²) in [7, 11) is 0. The minimum Gasteiger partial charge on any atom is -0.389 e. The number of hydrogen-bond acceptors (Lipinski definition) is 4. The van der Waals surface area contributed by atoms with Crippen molar-refractivity contribution in [2.75, 3.05) is 5.32 Å². The van der Waals surface area contributed by atoms with Crippen molar-refractivity contribution in [1.82, 2.24) is 0 Å². The van der Waals surface area contributed by atoms with Gasteiger partial charge in [-0.1, -0.05) is 29.8 Å². The van der Waals surface area contributed by atoms with Crippen LogP contribution in [0.5, 0.6) is 0 Å². The Balaban J connectivity index is 2.19. The van der Waals surface area contributed by atoms with Crippen molar-refractivity contribution in [3.05, 3.63) is 76.7 Å². The molecule has 0 heterocycles. The van der Waals surface area contributed by atoms with Crippen LogP contribution in [0.3, 0.4) is 0 Å². The zero-order chi connectivity index (χ0) is 21.3. The van der Waals surface area contributed by atoms with Crippen molar-refractivity contribution in [3.8, 4) is 0 Å². The van der Waals surface area contributed by atoms with Gasteiger partial charge in [0, 0.05) is 29.3 Å². The minimum absolute atomic E-state index is 0.137. The number of aryl methyl sites for hydroxylation is 1. The van der Waals surface area contributed by atoms with E-state index in [1.54, 1.807) is 19.1 Å². The summed E-state index contributed by atoms with van der Waals surface area (Å²) in [6.45, 7) is 6.48. The van der Waals surface area contributed by atoms with Crippen LogP contribution in [0.15, 0.2) is 59.8 Å². The molecule has 152 valence electrons. The predicted molar refractivity (Wildman–Crippen MR) is 111 cm³/mol. The van der Waals surface area contributed by atoms with Crippen LogP contribution < -0.4 is 5.32 Å². The molecule has 0 unspecified atom stereocenters. The maximum absolute atomic E-state index is 13.5. The van der Waals surface area contributed by atoms with Crippen LogP contribution in [0.25, 0.3) is 0 Å². The van der Waals surface area contributed by atoms with Crippen molar-refractivity contribution < 1.29 is 19.1 Å². The van der Waals surface area contributed by atoms with Gasteiger partial charge in [0.1, 0.15) is 11.6 Å². The van der Waals surface area contributed by atoms with Crippen molar-refractivity contribution >= 4 is 17.3 Å². The molecule has 29 heavy (non-hydrogen) atoms. The molecule has 4 nitrogen and oxygen atoms in total. The van der Waals surface area contributed by atoms with Gasteiger partial charge < -0.3 is 10.4 Å². The standard InChI is InChI=1S/C24H26FNO3/c1-14-5-11-19(12-6-14)26-20-13-24(4,29)23(16(3)28)22(21(20)15(2)27)17-7-9-18(25)10-8-17/h5-12,22-23,26,29H,13H2,1-4H3/t22-,23+,24+/m1/s1. The highest BCUT2D eigenvalue weighted by atomic mass is 19.1. The van der Waals surface area contributed by atoms with Gasteiger partial charge in [-0.15, -0.1) is 0 Å². The Hall–Kier alpha value is -2.79. The highest BCUT2D eigenvalue weighted by Crippen LogP contribution is 2.47. The van der Waals surface area contributed by atoms with Crippen LogP contribution in [0.2, 0.25) is 0 Å². The number of halogens is 1. The SMILES string of the molecule is CC(=O)C1=C(Nc2ccc(C)cc2)C[C@](C)(O)[C@@H](C(C)=O)[C@@H]1c1ccc(F)cc1. The van der Waals surface area contributed by atoms with Gasteiger partial charge in [0.05, 0.1) is 11.5 Å². The molecule has 0 amide bonds. The highest BCUT2D eigenvalue weighted by molar-refractivity contribution is 5.98. The van der Waals surface area contributed by atoms with Crippen molar-refractivity contribution in [2.24, 2.45) is 5.92 Å². The minimum atomic E-state index is -1.36. The lowest BCUT2D eigenvalue weighted by molar-refractivity contribution is -0.131. The number of rotatable bonds is 5. The molecule has 5 heteroatoms. The molecule has 2 aromatic carbocycles. The maximum atomic E-state index is 13.5. The zero-order valence-corrected chi connectivity index (χ0v) is 17.1. The number of carbonyl (C=O) groups is 2.